The lowest BCUT2D eigenvalue weighted by Gasteiger charge is -2.02. The molecule has 0 saturated heterocycles. The molecule has 0 bridgehead atoms. The van der Waals surface area contributed by atoms with Crippen molar-refractivity contribution in [2.24, 2.45) is 0 Å². The fourth-order valence-corrected chi connectivity index (χ4v) is 3.03. The van der Waals surface area contributed by atoms with Crippen LogP contribution in [0.4, 0.5) is 0 Å². The third kappa shape index (κ3) is 3.39. The van der Waals surface area contributed by atoms with Gasteiger partial charge in [0.1, 0.15) is 11.5 Å². The Bertz CT molecular complexity index is 1110. The molecule has 0 saturated carbocycles. The minimum Gasteiger partial charge on any atom is -0.360 e. The van der Waals surface area contributed by atoms with E-state index in [4.69, 9.17) is 27.7 Å². The summed E-state index contributed by atoms with van der Waals surface area (Å²) in [4.78, 5) is 12.6. The molecule has 0 aliphatic rings. The van der Waals surface area contributed by atoms with Crippen LogP contribution in [0, 0.1) is 6.92 Å². The van der Waals surface area contributed by atoms with Gasteiger partial charge in [0.2, 0.25) is 0 Å². The van der Waals surface area contributed by atoms with Crippen LogP contribution in [-0.4, -0.2) is 20.8 Å². The number of nitrogens with zero attached hydrogens (tertiary/aromatic N) is 3. The highest BCUT2D eigenvalue weighted by Gasteiger charge is 2.20. The van der Waals surface area contributed by atoms with Gasteiger partial charge in [0.15, 0.2) is 0 Å². The molecule has 0 fully saturated rings. The number of hydrogen-bond acceptors (Lipinski definition) is 4. The zero-order valence-corrected chi connectivity index (χ0v) is 15.7. The molecule has 0 aliphatic heterocycles. The second kappa shape index (κ2) is 7.02. The van der Waals surface area contributed by atoms with Gasteiger partial charge in [0, 0.05) is 27.4 Å². The molecular formula is C20H13Cl2N3O2. The molecule has 0 aliphatic carbocycles. The van der Waals surface area contributed by atoms with Gasteiger partial charge in [0.05, 0.1) is 11.3 Å². The molecule has 0 spiro atoms. The van der Waals surface area contributed by atoms with Crippen LogP contribution in [0.5, 0.6) is 0 Å². The quantitative estimate of drug-likeness (QED) is 0.457. The second-order valence-electron chi connectivity index (χ2n) is 5.93. The first-order chi connectivity index (χ1) is 13.0. The van der Waals surface area contributed by atoms with Crippen molar-refractivity contribution < 1.29 is 9.32 Å². The molecule has 2 aromatic heterocycles. The summed E-state index contributed by atoms with van der Waals surface area (Å²) in [6.07, 6.45) is 1.62. The lowest BCUT2D eigenvalue weighted by atomic mass is 10.0. The summed E-state index contributed by atoms with van der Waals surface area (Å²) in [6.45, 7) is 1.81. The summed E-state index contributed by atoms with van der Waals surface area (Å²) in [6, 6.07) is 15.7. The van der Waals surface area contributed by atoms with Crippen LogP contribution in [0.2, 0.25) is 10.0 Å². The standard InChI is InChI=1S/C20H13Cl2N3O2/c1-12-18(19(24-27-12)13-2-6-15(21)7-3-13)17-10-11-25(23-17)20(26)14-4-8-16(22)9-5-14/h2-11H,1H3. The number of aromatic nitrogens is 3. The van der Waals surface area contributed by atoms with Crippen LogP contribution in [0.15, 0.2) is 65.3 Å². The maximum absolute atomic E-state index is 12.6. The van der Waals surface area contributed by atoms with Gasteiger partial charge in [-0.05, 0) is 49.4 Å². The van der Waals surface area contributed by atoms with Crippen LogP contribution >= 0.6 is 23.2 Å². The third-order valence-corrected chi connectivity index (χ3v) is 4.63. The van der Waals surface area contributed by atoms with Crippen molar-refractivity contribution in [3.8, 4) is 22.5 Å². The van der Waals surface area contributed by atoms with Gasteiger partial charge in [-0.15, -0.1) is 0 Å². The summed E-state index contributed by atoms with van der Waals surface area (Å²) in [7, 11) is 0. The fourth-order valence-electron chi connectivity index (χ4n) is 2.77. The maximum atomic E-state index is 12.6. The van der Waals surface area contributed by atoms with E-state index in [-0.39, 0.29) is 5.91 Å². The Morgan fingerprint density at radius 3 is 2.26 bits per heavy atom. The average Bonchev–Trinajstić information content (AvgIpc) is 3.29. The van der Waals surface area contributed by atoms with E-state index >= 15 is 0 Å². The smallest absolute Gasteiger partial charge is 0.278 e. The zero-order valence-electron chi connectivity index (χ0n) is 14.2. The van der Waals surface area contributed by atoms with Gasteiger partial charge >= 0.3 is 0 Å². The van der Waals surface area contributed by atoms with E-state index in [0.29, 0.717) is 32.8 Å². The Morgan fingerprint density at radius 1 is 0.963 bits per heavy atom. The van der Waals surface area contributed by atoms with Gasteiger partial charge in [-0.25, -0.2) is 4.68 Å². The normalized spacial score (nSPS) is 10.9. The molecule has 4 aromatic rings. The van der Waals surface area contributed by atoms with Crippen molar-refractivity contribution in [1.82, 2.24) is 14.9 Å². The van der Waals surface area contributed by atoms with Gasteiger partial charge in [-0.1, -0.05) is 40.5 Å². The minimum absolute atomic E-state index is 0.250. The highest BCUT2D eigenvalue weighted by atomic mass is 35.5. The number of carbonyl (C=O) groups is 1. The molecule has 7 heteroatoms. The Kier molecular flexibility index (Phi) is 4.56. The summed E-state index contributed by atoms with van der Waals surface area (Å²) in [5.74, 6) is 0.365. The molecule has 0 amide bonds. The minimum atomic E-state index is -0.250. The van der Waals surface area contributed by atoms with E-state index in [1.165, 1.54) is 4.68 Å². The first-order valence-electron chi connectivity index (χ1n) is 8.11. The van der Waals surface area contributed by atoms with Crippen molar-refractivity contribution in [3.05, 3.63) is 82.2 Å². The fraction of sp³-hybridized carbons (Fsp3) is 0.0500. The molecule has 4 rings (SSSR count). The van der Waals surface area contributed by atoms with Crippen LogP contribution in [0.1, 0.15) is 16.1 Å². The molecule has 134 valence electrons. The molecule has 0 atom stereocenters. The Balaban J connectivity index is 1.72. The molecule has 0 radical (unpaired) electrons. The molecule has 0 N–H and O–H groups in total. The predicted octanol–water partition coefficient (Wildman–Crippen LogP) is 5.51. The average molecular weight is 398 g/mol. The zero-order chi connectivity index (χ0) is 19.0. The topological polar surface area (TPSA) is 60.9 Å². The van der Waals surface area contributed by atoms with E-state index in [1.807, 2.05) is 19.1 Å². The highest BCUT2D eigenvalue weighted by molar-refractivity contribution is 6.31. The van der Waals surface area contributed by atoms with Crippen LogP contribution in [-0.2, 0) is 0 Å². The summed E-state index contributed by atoms with van der Waals surface area (Å²) in [5.41, 5.74) is 3.33. The SMILES string of the molecule is Cc1onc(-c2ccc(Cl)cc2)c1-c1ccn(C(=O)c2ccc(Cl)cc2)n1. The van der Waals surface area contributed by atoms with Gasteiger partial charge in [-0.3, -0.25) is 4.79 Å². The van der Waals surface area contributed by atoms with Crippen LogP contribution in [0.25, 0.3) is 22.5 Å². The first-order valence-corrected chi connectivity index (χ1v) is 8.87. The van der Waals surface area contributed by atoms with Crippen LogP contribution in [0.3, 0.4) is 0 Å². The Morgan fingerprint density at radius 2 is 1.59 bits per heavy atom. The van der Waals surface area contributed by atoms with Gasteiger partial charge in [-0.2, -0.15) is 5.10 Å². The molecule has 2 aromatic carbocycles. The van der Waals surface area contributed by atoms with E-state index < -0.39 is 0 Å². The third-order valence-electron chi connectivity index (χ3n) is 4.12. The maximum Gasteiger partial charge on any atom is 0.278 e. The van der Waals surface area contributed by atoms with E-state index in [1.54, 1.807) is 48.7 Å². The van der Waals surface area contributed by atoms with Crippen molar-refractivity contribution in [2.45, 2.75) is 6.92 Å². The van der Waals surface area contributed by atoms with Gasteiger partial charge < -0.3 is 4.52 Å². The Hall–Kier alpha value is -2.89. The van der Waals surface area contributed by atoms with E-state index in [2.05, 4.69) is 10.3 Å². The monoisotopic (exact) mass is 397 g/mol. The Labute approximate surface area is 165 Å². The first kappa shape index (κ1) is 17.5. The lowest BCUT2D eigenvalue weighted by Crippen LogP contribution is -2.12. The molecular weight excluding hydrogens is 385 g/mol. The number of carbonyl (C=O) groups excluding carboxylic acids is 1. The van der Waals surface area contributed by atoms with Crippen molar-refractivity contribution in [2.75, 3.05) is 0 Å². The predicted molar refractivity (Wildman–Crippen MR) is 104 cm³/mol. The van der Waals surface area contributed by atoms with Crippen molar-refractivity contribution >= 4 is 29.1 Å². The van der Waals surface area contributed by atoms with Crippen LogP contribution < -0.4 is 0 Å². The molecule has 27 heavy (non-hydrogen) atoms. The van der Waals surface area contributed by atoms with Crippen molar-refractivity contribution in [3.63, 3.8) is 0 Å². The number of benzene rings is 2. The van der Waals surface area contributed by atoms with Crippen molar-refractivity contribution in [1.29, 1.82) is 0 Å². The number of hydrogen-bond donors (Lipinski definition) is 0. The molecule has 2 heterocycles. The number of aryl methyl sites for hydroxylation is 1. The largest absolute Gasteiger partial charge is 0.360 e. The summed E-state index contributed by atoms with van der Waals surface area (Å²) < 4.78 is 6.66. The number of rotatable bonds is 3. The number of halogens is 2. The lowest BCUT2D eigenvalue weighted by molar-refractivity contribution is 0.0945. The van der Waals surface area contributed by atoms with E-state index in [0.717, 1.165) is 11.1 Å². The van der Waals surface area contributed by atoms with Gasteiger partial charge in [0.25, 0.3) is 5.91 Å². The summed E-state index contributed by atoms with van der Waals surface area (Å²) >= 11 is 11.8. The van der Waals surface area contributed by atoms with E-state index in [9.17, 15) is 4.79 Å². The summed E-state index contributed by atoms with van der Waals surface area (Å²) in [5, 5.41) is 9.78. The molecule has 5 nitrogen and oxygen atoms in total. The molecule has 0 unspecified atom stereocenters. The second-order valence-corrected chi connectivity index (χ2v) is 6.80. The highest BCUT2D eigenvalue weighted by Crippen LogP contribution is 2.33.